The second-order valence-electron chi connectivity index (χ2n) is 3.88. The molecule has 0 aliphatic rings. The lowest BCUT2D eigenvalue weighted by Crippen LogP contribution is -2.20. The monoisotopic (exact) mass is 231 g/mol. The van der Waals surface area contributed by atoms with Crippen molar-refractivity contribution in [1.82, 2.24) is 15.3 Å². The van der Waals surface area contributed by atoms with E-state index < -0.39 is 0 Å². The average Bonchev–Trinajstić information content (AvgIpc) is 2.36. The predicted octanol–water partition coefficient (Wildman–Crippen LogP) is 2.23. The molecule has 0 aliphatic carbocycles. The van der Waals surface area contributed by atoms with Crippen molar-refractivity contribution in [3.05, 3.63) is 59.4 Å². The Bertz CT molecular complexity index is 499. The molecule has 2 aromatic rings. The SMILES string of the molecule is CNC(c1cnccn1)c1cc(C)ccc1F. The lowest BCUT2D eigenvalue weighted by atomic mass is 10.0. The third-order valence-electron chi connectivity index (χ3n) is 2.63. The fourth-order valence-corrected chi connectivity index (χ4v) is 1.81. The zero-order valence-electron chi connectivity index (χ0n) is 9.81. The Hall–Kier alpha value is -1.81. The molecule has 0 amide bonds. The van der Waals surface area contributed by atoms with Crippen molar-refractivity contribution in [3.8, 4) is 0 Å². The number of aryl methyl sites for hydroxylation is 1. The molecule has 1 atom stereocenters. The third-order valence-corrected chi connectivity index (χ3v) is 2.63. The number of halogens is 1. The maximum Gasteiger partial charge on any atom is 0.128 e. The summed E-state index contributed by atoms with van der Waals surface area (Å²) in [6, 6.07) is 4.78. The number of hydrogen-bond donors (Lipinski definition) is 1. The molecule has 0 saturated heterocycles. The quantitative estimate of drug-likeness (QED) is 0.880. The van der Waals surface area contributed by atoms with Gasteiger partial charge in [0.15, 0.2) is 0 Å². The molecule has 0 aliphatic heterocycles. The van der Waals surface area contributed by atoms with Gasteiger partial charge < -0.3 is 5.32 Å². The summed E-state index contributed by atoms with van der Waals surface area (Å²) in [6.07, 6.45) is 4.85. The summed E-state index contributed by atoms with van der Waals surface area (Å²) in [6.45, 7) is 1.94. The lowest BCUT2D eigenvalue weighted by molar-refractivity contribution is 0.569. The van der Waals surface area contributed by atoms with Crippen LogP contribution in [-0.2, 0) is 0 Å². The summed E-state index contributed by atoms with van der Waals surface area (Å²) < 4.78 is 13.8. The normalized spacial score (nSPS) is 12.4. The number of rotatable bonds is 3. The molecule has 0 saturated carbocycles. The number of nitrogens with zero attached hydrogens (tertiary/aromatic N) is 2. The van der Waals surface area contributed by atoms with Crippen molar-refractivity contribution in [3.63, 3.8) is 0 Å². The zero-order valence-corrected chi connectivity index (χ0v) is 9.81. The number of nitrogens with one attached hydrogen (secondary N) is 1. The first-order valence-electron chi connectivity index (χ1n) is 5.41. The molecular weight excluding hydrogens is 217 g/mol. The summed E-state index contributed by atoms with van der Waals surface area (Å²) in [7, 11) is 1.78. The summed E-state index contributed by atoms with van der Waals surface area (Å²) >= 11 is 0. The molecule has 3 nitrogen and oxygen atoms in total. The van der Waals surface area contributed by atoms with Gasteiger partial charge in [0.2, 0.25) is 0 Å². The summed E-state index contributed by atoms with van der Waals surface area (Å²) in [5, 5.41) is 3.06. The van der Waals surface area contributed by atoms with E-state index in [9.17, 15) is 4.39 Å². The molecule has 1 unspecified atom stereocenters. The van der Waals surface area contributed by atoms with E-state index in [1.807, 2.05) is 13.0 Å². The largest absolute Gasteiger partial charge is 0.308 e. The second-order valence-corrected chi connectivity index (χ2v) is 3.88. The Morgan fingerprint density at radius 2 is 2.12 bits per heavy atom. The minimum Gasteiger partial charge on any atom is -0.308 e. The molecule has 1 aromatic carbocycles. The van der Waals surface area contributed by atoms with E-state index in [1.54, 1.807) is 31.7 Å². The average molecular weight is 231 g/mol. The molecule has 17 heavy (non-hydrogen) atoms. The minimum absolute atomic E-state index is 0.236. The Kier molecular flexibility index (Phi) is 3.44. The summed E-state index contributed by atoms with van der Waals surface area (Å²) in [5.74, 6) is -0.236. The van der Waals surface area contributed by atoms with Crippen molar-refractivity contribution >= 4 is 0 Å². The van der Waals surface area contributed by atoms with Crippen LogP contribution >= 0.6 is 0 Å². The maximum absolute atomic E-state index is 13.8. The van der Waals surface area contributed by atoms with Crippen molar-refractivity contribution in [2.75, 3.05) is 7.05 Å². The first kappa shape index (κ1) is 11.7. The van der Waals surface area contributed by atoms with Gasteiger partial charge in [0.25, 0.3) is 0 Å². The molecule has 1 aromatic heterocycles. The van der Waals surface area contributed by atoms with Gasteiger partial charge in [0.05, 0.1) is 17.9 Å². The van der Waals surface area contributed by atoms with E-state index in [-0.39, 0.29) is 11.9 Å². The fourth-order valence-electron chi connectivity index (χ4n) is 1.81. The smallest absolute Gasteiger partial charge is 0.128 e. The van der Waals surface area contributed by atoms with E-state index in [4.69, 9.17) is 0 Å². The van der Waals surface area contributed by atoms with Gasteiger partial charge >= 0.3 is 0 Å². The van der Waals surface area contributed by atoms with E-state index in [0.717, 1.165) is 5.56 Å². The summed E-state index contributed by atoms with van der Waals surface area (Å²) in [4.78, 5) is 8.21. The molecule has 0 spiro atoms. The van der Waals surface area contributed by atoms with Crippen molar-refractivity contribution in [2.45, 2.75) is 13.0 Å². The van der Waals surface area contributed by atoms with E-state index in [1.165, 1.54) is 6.07 Å². The van der Waals surface area contributed by atoms with Gasteiger partial charge in [0, 0.05) is 18.0 Å². The van der Waals surface area contributed by atoms with Crippen LogP contribution < -0.4 is 5.32 Å². The van der Waals surface area contributed by atoms with E-state index >= 15 is 0 Å². The fraction of sp³-hybridized carbons (Fsp3) is 0.231. The standard InChI is InChI=1S/C13H14FN3/c1-9-3-4-11(14)10(7-9)13(15-2)12-8-16-5-6-17-12/h3-8,13,15H,1-2H3. The molecule has 0 bridgehead atoms. The Balaban J connectivity index is 2.46. The van der Waals surface area contributed by atoms with Crippen LogP contribution in [0.1, 0.15) is 22.9 Å². The number of hydrogen-bond acceptors (Lipinski definition) is 3. The van der Waals surface area contributed by atoms with Gasteiger partial charge in [-0.15, -0.1) is 0 Å². The van der Waals surface area contributed by atoms with Gasteiger partial charge in [-0.2, -0.15) is 0 Å². The molecule has 0 radical (unpaired) electrons. The number of aromatic nitrogens is 2. The van der Waals surface area contributed by atoms with Crippen molar-refractivity contribution in [1.29, 1.82) is 0 Å². The minimum atomic E-state index is -0.274. The number of benzene rings is 1. The third kappa shape index (κ3) is 2.47. The first-order valence-corrected chi connectivity index (χ1v) is 5.41. The molecule has 0 fully saturated rings. The van der Waals surface area contributed by atoms with Gasteiger partial charge in [-0.3, -0.25) is 9.97 Å². The van der Waals surface area contributed by atoms with Crippen LogP contribution in [0.3, 0.4) is 0 Å². The molecule has 1 heterocycles. The predicted molar refractivity (Wildman–Crippen MR) is 64.1 cm³/mol. The first-order chi connectivity index (χ1) is 8.22. The molecule has 4 heteroatoms. The summed E-state index contributed by atoms with van der Waals surface area (Å²) in [5.41, 5.74) is 2.32. The van der Waals surface area contributed by atoms with Crippen LogP contribution in [0, 0.1) is 12.7 Å². The Morgan fingerprint density at radius 3 is 2.76 bits per heavy atom. The van der Waals surface area contributed by atoms with Crippen LogP contribution in [0.15, 0.2) is 36.8 Å². The zero-order chi connectivity index (χ0) is 12.3. The molecule has 88 valence electrons. The Labute approximate surface area is 99.7 Å². The van der Waals surface area contributed by atoms with Crippen LogP contribution in [0.25, 0.3) is 0 Å². The van der Waals surface area contributed by atoms with Crippen LogP contribution in [0.4, 0.5) is 4.39 Å². The van der Waals surface area contributed by atoms with Gasteiger partial charge in [-0.25, -0.2) is 4.39 Å². The molecule has 2 rings (SSSR count). The highest BCUT2D eigenvalue weighted by molar-refractivity contribution is 5.31. The topological polar surface area (TPSA) is 37.8 Å². The Morgan fingerprint density at radius 1 is 1.29 bits per heavy atom. The van der Waals surface area contributed by atoms with Gasteiger partial charge in [-0.05, 0) is 20.0 Å². The lowest BCUT2D eigenvalue weighted by Gasteiger charge is -2.16. The molecular formula is C13H14FN3. The second kappa shape index (κ2) is 5.01. The van der Waals surface area contributed by atoms with E-state index in [0.29, 0.717) is 11.3 Å². The van der Waals surface area contributed by atoms with Crippen LogP contribution in [0.5, 0.6) is 0 Å². The highest BCUT2D eigenvalue weighted by atomic mass is 19.1. The van der Waals surface area contributed by atoms with Crippen molar-refractivity contribution < 1.29 is 4.39 Å². The van der Waals surface area contributed by atoms with Crippen LogP contribution in [0.2, 0.25) is 0 Å². The van der Waals surface area contributed by atoms with Gasteiger partial charge in [0.1, 0.15) is 5.82 Å². The highest BCUT2D eigenvalue weighted by Gasteiger charge is 2.17. The van der Waals surface area contributed by atoms with E-state index in [2.05, 4.69) is 15.3 Å². The van der Waals surface area contributed by atoms with Crippen LogP contribution in [-0.4, -0.2) is 17.0 Å². The maximum atomic E-state index is 13.8. The van der Waals surface area contributed by atoms with Crippen molar-refractivity contribution in [2.24, 2.45) is 0 Å². The molecule has 1 N–H and O–H groups in total. The highest BCUT2D eigenvalue weighted by Crippen LogP contribution is 2.23. The van der Waals surface area contributed by atoms with Gasteiger partial charge in [-0.1, -0.05) is 17.7 Å².